The van der Waals surface area contributed by atoms with Gasteiger partial charge >= 0.3 is 0 Å². The number of ether oxygens (including phenoxy) is 2. The van der Waals surface area contributed by atoms with Gasteiger partial charge in [-0.1, -0.05) is 0 Å². The van der Waals surface area contributed by atoms with Crippen LogP contribution in [0.25, 0.3) is 10.8 Å². The highest BCUT2D eigenvalue weighted by molar-refractivity contribution is 5.89. The summed E-state index contributed by atoms with van der Waals surface area (Å²) in [5.41, 5.74) is 2.25. The standard InChI is InChI=1S/C19H22N4O2/c1-23-12-14(11-21-23)18-10-16(6-8-25-18)22-15-3-4-17-13(9-15)5-7-20-19(17)24-2/h3-5,7,9,11-12,16,18,22H,6,8,10H2,1-2H3. The van der Waals surface area contributed by atoms with E-state index in [0.717, 1.165) is 41.5 Å². The molecule has 1 saturated heterocycles. The number of hydrogen-bond donors (Lipinski definition) is 1. The Morgan fingerprint density at radius 1 is 1.32 bits per heavy atom. The van der Waals surface area contributed by atoms with Gasteiger partial charge in [0.15, 0.2) is 0 Å². The first kappa shape index (κ1) is 15.9. The summed E-state index contributed by atoms with van der Waals surface area (Å²) in [6.45, 7) is 0.753. The van der Waals surface area contributed by atoms with E-state index in [2.05, 4.69) is 33.6 Å². The topological polar surface area (TPSA) is 61.2 Å². The first-order valence-electron chi connectivity index (χ1n) is 8.52. The predicted molar refractivity (Wildman–Crippen MR) is 96.8 cm³/mol. The van der Waals surface area contributed by atoms with Gasteiger partial charge in [-0.25, -0.2) is 4.98 Å². The highest BCUT2D eigenvalue weighted by atomic mass is 16.5. The minimum atomic E-state index is 0.102. The summed E-state index contributed by atoms with van der Waals surface area (Å²) in [4.78, 5) is 4.25. The van der Waals surface area contributed by atoms with Gasteiger partial charge < -0.3 is 14.8 Å². The van der Waals surface area contributed by atoms with Crippen molar-refractivity contribution in [3.8, 4) is 5.88 Å². The molecule has 25 heavy (non-hydrogen) atoms. The summed E-state index contributed by atoms with van der Waals surface area (Å²) in [6.07, 6.45) is 7.73. The monoisotopic (exact) mass is 338 g/mol. The molecule has 0 bridgehead atoms. The van der Waals surface area contributed by atoms with Crippen molar-refractivity contribution in [3.05, 3.63) is 48.4 Å². The van der Waals surface area contributed by atoms with Crippen molar-refractivity contribution < 1.29 is 9.47 Å². The van der Waals surface area contributed by atoms with Gasteiger partial charge in [0.2, 0.25) is 5.88 Å². The Labute approximate surface area is 146 Å². The maximum Gasteiger partial charge on any atom is 0.221 e. The smallest absolute Gasteiger partial charge is 0.221 e. The second-order valence-electron chi connectivity index (χ2n) is 6.43. The van der Waals surface area contributed by atoms with Crippen LogP contribution in [0.15, 0.2) is 42.9 Å². The molecule has 0 aliphatic carbocycles. The van der Waals surface area contributed by atoms with Crippen molar-refractivity contribution in [2.75, 3.05) is 19.0 Å². The van der Waals surface area contributed by atoms with Gasteiger partial charge in [0.25, 0.3) is 0 Å². The predicted octanol–water partition coefficient (Wildman–Crippen LogP) is 3.31. The molecule has 0 amide bonds. The Bertz CT molecular complexity index is 877. The van der Waals surface area contributed by atoms with E-state index in [1.165, 1.54) is 0 Å². The molecule has 1 aromatic carbocycles. The second-order valence-corrected chi connectivity index (χ2v) is 6.43. The number of methoxy groups -OCH3 is 1. The number of nitrogens with one attached hydrogen (secondary N) is 1. The fourth-order valence-electron chi connectivity index (χ4n) is 3.41. The van der Waals surface area contributed by atoms with E-state index in [1.54, 1.807) is 13.3 Å². The molecule has 3 aromatic rings. The SMILES string of the molecule is COc1nccc2cc(NC3CCOC(c4cnn(C)c4)C3)ccc12. The maximum atomic E-state index is 5.93. The zero-order valence-corrected chi connectivity index (χ0v) is 14.5. The van der Waals surface area contributed by atoms with Crippen LogP contribution in [0.4, 0.5) is 5.69 Å². The summed E-state index contributed by atoms with van der Waals surface area (Å²) >= 11 is 0. The number of rotatable bonds is 4. The van der Waals surface area contributed by atoms with Crippen LogP contribution in [0.1, 0.15) is 24.5 Å². The lowest BCUT2D eigenvalue weighted by molar-refractivity contribution is 0.00976. The molecule has 1 N–H and O–H groups in total. The molecule has 0 radical (unpaired) electrons. The Balaban J connectivity index is 1.50. The number of benzene rings is 1. The molecule has 2 unspecified atom stereocenters. The van der Waals surface area contributed by atoms with Crippen LogP contribution in [0, 0.1) is 0 Å². The van der Waals surface area contributed by atoms with Crippen LogP contribution in [0.2, 0.25) is 0 Å². The molecule has 4 rings (SSSR count). The highest BCUT2D eigenvalue weighted by Crippen LogP contribution is 2.31. The number of hydrogen-bond acceptors (Lipinski definition) is 5. The molecule has 6 nitrogen and oxygen atoms in total. The summed E-state index contributed by atoms with van der Waals surface area (Å²) < 4.78 is 13.1. The third-order valence-electron chi connectivity index (χ3n) is 4.67. The van der Waals surface area contributed by atoms with Gasteiger partial charge in [0, 0.05) is 48.7 Å². The zero-order valence-electron chi connectivity index (χ0n) is 14.5. The highest BCUT2D eigenvalue weighted by Gasteiger charge is 2.24. The van der Waals surface area contributed by atoms with Crippen LogP contribution in [0.5, 0.6) is 5.88 Å². The van der Waals surface area contributed by atoms with Gasteiger partial charge in [-0.3, -0.25) is 4.68 Å². The van der Waals surface area contributed by atoms with Gasteiger partial charge in [-0.2, -0.15) is 5.10 Å². The number of fused-ring (bicyclic) bond motifs is 1. The third kappa shape index (κ3) is 3.30. The summed E-state index contributed by atoms with van der Waals surface area (Å²) in [6, 6.07) is 8.67. The molecule has 130 valence electrons. The fraction of sp³-hybridized carbons (Fsp3) is 0.368. The Kier molecular flexibility index (Phi) is 4.28. The fourth-order valence-corrected chi connectivity index (χ4v) is 3.41. The van der Waals surface area contributed by atoms with Crippen LogP contribution >= 0.6 is 0 Å². The van der Waals surface area contributed by atoms with E-state index in [4.69, 9.17) is 9.47 Å². The number of nitrogens with zero attached hydrogens (tertiary/aromatic N) is 3. The molecular formula is C19H22N4O2. The number of aryl methyl sites for hydroxylation is 1. The summed E-state index contributed by atoms with van der Waals surface area (Å²) in [5.74, 6) is 0.659. The van der Waals surface area contributed by atoms with Crippen LogP contribution in [0.3, 0.4) is 0 Å². The van der Waals surface area contributed by atoms with E-state index < -0.39 is 0 Å². The van der Waals surface area contributed by atoms with Crippen molar-refractivity contribution in [1.29, 1.82) is 0 Å². The average Bonchev–Trinajstić information content (AvgIpc) is 3.08. The van der Waals surface area contributed by atoms with E-state index in [1.807, 2.05) is 30.2 Å². The van der Waals surface area contributed by atoms with Gasteiger partial charge in [0.1, 0.15) is 0 Å². The van der Waals surface area contributed by atoms with Gasteiger partial charge in [-0.05, 0) is 42.5 Å². The molecule has 0 spiro atoms. The van der Waals surface area contributed by atoms with Gasteiger partial charge in [0.05, 0.1) is 19.4 Å². The van der Waals surface area contributed by atoms with Crippen molar-refractivity contribution >= 4 is 16.5 Å². The molecule has 1 fully saturated rings. The van der Waals surface area contributed by atoms with E-state index in [9.17, 15) is 0 Å². The van der Waals surface area contributed by atoms with Crippen LogP contribution < -0.4 is 10.1 Å². The lowest BCUT2D eigenvalue weighted by Crippen LogP contribution is -2.30. The Morgan fingerprint density at radius 3 is 3.04 bits per heavy atom. The lowest BCUT2D eigenvalue weighted by Gasteiger charge is -2.30. The van der Waals surface area contributed by atoms with Crippen molar-refractivity contribution in [2.24, 2.45) is 7.05 Å². The van der Waals surface area contributed by atoms with E-state index >= 15 is 0 Å². The zero-order chi connectivity index (χ0) is 17.2. The van der Waals surface area contributed by atoms with Crippen molar-refractivity contribution in [1.82, 2.24) is 14.8 Å². The molecule has 2 aromatic heterocycles. The normalized spacial score (nSPS) is 20.6. The third-order valence-corrected chi connectivity index (χ3v) is 4.67. The van der Waals surface area contributed by atoms with Crippen molar-refractivity contribution in [3.63, 3.8) is 0 Å². The first-order valence-corrected chi connectivity index (χ1v) is 8.52. The number of anilines is 1. The number of pyridine rings is 1. The Morgan fingerprint density at radius 2 is 2.24 bits per heavy atom. The largest absolute Gasteiger partial charge is 0.481 e. The van der Waals surface area contributed by atoms with Crippen molar-refractivity contribution in [2.45, 2.75) is 25.0 Å². The van der Waals surface area contributed by atoms with Gasteiger partial charge in [-0.15, -0.1) is 0 Å². The van der Waals surface area contributed by atoms with Crippen LogP contribution in [-0.4, -0.2) is 34.5 Å². The average molecular weight is 338 g/mol. The minimum Gasteiger partial charge on any atom is -0.481 e. The quantitative estimate of drug-likeness (QED) is 0.791. The van der Waals surface area contributed by atoms with E-state index in [-0.39, 0.29) is 6.10 Å². The molecule has 1 aliphatic rings. The molecule has 2 atom stereocenters. The lowest BCUT2D eigenvalue weighted by atomic mass is 9.99. The molecule has 6 heteroatoms. The first-order chi connectivity index (χ1) is 12.2. The van der Waals surface area contributed by atoms with Crippen LogP contribution in [-0.2, 0) is 11.8 Å². The minimum absolute atomic E-state index is 0.102. The summed E-state index contributed by atoms with van der Waals surface area (Å²) in [5, 5.41) is 10.0. The molecule has 3 heterocycles. The maximum absolute atomic E-state index is 5.93. The molecule has 1 aliphatic heterocycles. The summed E-state index contributed by atoms with van der Waals surface area (Å²) in [7, 11) is 3.58. The van der Waals surface area contributed by atoms with E-state index in [0.29, 0.717) is 11.9 Å². The molecular weight excluding hydrogens is 316 g/mol. The molecule has 0 saturated carbocycles. The number of aromatic nitrogens is 3. The second kappa shape index (κ2) is 6.72. The Hall–Kier alpha value is -2.60.